The number of alkyl halides is 6. The van der Waals surface area contributed by atoms with Crippen LogP contribution in [0.5, 0.6) is 0 Å². The molecular formula is C40H20F6N4. The molecule has 0 saturated carbocycles. The molecule has 2 atom stereocenters. The Labute approximate surface area is 282 Å². The Bertz CT molecular complexity index is 2170. The SMILES string of the molecule is N#CC(C#N)C1c2cc(-c3ccc(C(F)(F)F)cc3)ccc2-c2cc3c(cc21)-c1ccc(-c2ccc(C(F)(F)F)cc2)cc1C3C(C#N)C#N. The maximum atomic E-state index is 13.2. The summed E-state index contributed by atoms with van der Waals surface area (Å²) in [6.45, 7) is 0. The monoisotopic (exact) mass is 670 g/mol. The Morgan fingerprint density at radius 2 is 0.700 bits per heavy atom. The molecule has 0 radical (unpaired) electrons. The maximum Gasteiger partial charge on any atom is 0.416 e. The summed E-state index contributed by atoms with van der Waals surface area (Å²) < 4.78 is 79.2. The van der Waals surface area contributed by atoms with E-state index < -0.39 is 47.2 Å². The third-order valence-electron chi connectivity index (χ3n) is 9.56. The van der Waals surface area contributed by atoms with E-state index in [0.717, 1.165) is 24.3 Å². The largest absolute Gasteiger partial charge is 0.416 e. The van der Waals surface area contributed by atoms with E-state index in [1.165, 1.54) is 24.3 Å². The van der Waals surface area contributed by atoms with Crippen LogP contribution in [0.15, 0.2) is 97.1 Å². The van der Waals surface area contributed by atoms with Crippen molar-refractivity contribution in [3.05, 3.63) is 130 Å². The summed E-state index contributed by atoms with van der Waals surface area (Å²) in [5.41, 5.74) is 6.17. The molecule has 0 saturated heterocycles. The van der Waals surface area contributed by atoms with Gasteiger partial charge in [0.25, 0.3) is 0 Å². The highest BCUT2D eigenvalue weighted by atomic mass is 19.4. The normalized spacial score (nSPS) is 15.7. The van der Waals surface area contributed by atoms with Crippen molar-refractivity contribution >= 4 is 0 Å². The molecule has 4 nitrogen and oxygen atoms in total. The Kier molecular flexibility index (Phi) is 7.51. The van der Waals surface area contributed by atoms with E-state index in [1.54, 1.807) is 36.4 Å². The van der Waals surface area contributed by atoms with Crippen molar-refractivity contribution in [1.82, 2.24) is 0 Å². The molecule has 0 amide bonds. The van der Waals surface area contributed by atoms with Gasteiger partial charge in [-0.3, -0.25) is 0 Å². The van der Waals surface area contributed by atoms with E-state index in [2.05, 4.69) is 24.3 Å². The van der Waals surface area contributed by atoms with E-state index in [9.17, 15) is 47.4 Å². The van der Waals surface area contributed by atoms with Crippen LogP contribution in [-0.4, -0.2) is 0 Å². The minimum absolute atomic E-state index is 0.521. The highest BCUT2D eigenvalue weighted by Gasteiger charge is 2.41. The minimum atomic E-state index is -4.49. The predicted octanol–water partition coefficient (Wildman–Crippen LogP) is 10.6. The number of nitrogens with zero attached hydrogens (tertiary/aromatic N) is 4. The van der Waals surface area contributed by atoms with Gasteiger partial charge in [-0.1, -0.05) is 48.5 Å². The number of halogens is 6. The second-order valence-electron chi connectivity index (χ2n) is 12.2. The van der Waals surface area contributed by atoms with Crippen LogP contribution < -0.4 is 0 Å². The second kappa shape index (κ2) is 11.7. The maximum absolute atomic E-state index is 13.2. The standard InChI is InChI=1S/C40H20F6N4/c41-39(42,43)27-7-1-21(2-8-27)23-5-11-29-31-15-36-32(16-35(31)37(33(29)13-23)25(17-47)18-48)30-12-6-24(14-34(30)38(36)26(19-49)20-50)22-3-9-28(10-4-22)40(44,45)46/h1-16,25-26,37-38H. The molecule has 7 rings (SSSR count). The van der Waals surface area contributed by atoms with Crippen LogP contribution in [0, 0.1) is 57.2 Å². The van der Waals surface area contributed by atoms with Gasteiger partial charge in [-0.2, -0.15) is 47.4 Å². The molecule has 0 aliphatic heterocycles. The third kappa shape index (κ3) is 5.14. The quantitative estimate of drug-likeness (QED) is 0.178. The van der Waals surface area contributed by atoms with Gasteiger partial charge >= 0.3 is 12.4 Å². The summed E-state index contributed by atoms with van der Waals surface area (Å²) in [6.07, 6.45) is -8.99. The smallest absolute Gasteiger partial charge is 0.197 e. The lowest BCUT2D eigenvalue weighted by atomic mass is 9.82. The molecule has 242 valence electrons. The van der Waals surface area contributed by atoms with Crippen molar-refractivity contribution in [2.75, 3.05) is 0 Å². The van der Waals surface area contributed by atoms with Crippen molar-refractivity contribution in [3.8, 4) is 68.8 Å². The Morgan fingerprint density at radius 3 is 1.00 bits per heavy atom. The van der Waals surface area contributed by atoms with Gasteiger partial charge in [0, 0.05) is 11.8 Å². The summed E-state index contributed by atoms with van der Waals surface area (Å²) in [5, 5.41) is 40.2. The minimum Gasteiger partial charge on any atom is -0.197 e. The van der Waals surface area contributed by atoms with Gasteiger partial charge in [0.05, 0.1) is 35.4 Å². The van der Waals surface area contributed by atoms with Crippen molar-refractivity contribution in [2.45, 2.75) is 24.2 Å². The zero-order valence-electron chi connectivity index (χ0n) is 25.6. The number of fused-ring (bicyclic) bond motifs is 6. The molecule has 0 fully saturated rings. The molecule has 2 aliphatic carbocycles. The highest BCUT2D eigenvalue weighted by Crippen LogP contribution is 2.56. The molecule has 0 heterocycles. The lowest BCUT2D eigenvalue weighted by molar-refractivity contribution is -0.138. The van der Waals surface area contributed by atoms with Gasteiger partial charge in [-0.05, 0) is 115 Å². The molecule has 5 aromatic rings. The number of nitriles is 4. The van der Waals surface area contributed by atoms with E-state index in [-0.39, 0.29) is 0 Å². The van der Waals surface area contributed by atoms with Crippen LogP contribution >= 0.6 is 0 Å². The average Bonchev–Trinajstić information content (AvgIpc) is 3.59. The molecule has 2 unspecified atom stereocenters. The zero-order valence-corrected chi connectivity index (χ0v) is 25.6. The summed E-state index contributed by atoms with van der Waals surface area (Å²) in [7, 11) is 0. The lowest BCUT2D eigenvalue weighted by Crippen LogP contribution is -2.10. The van der Waals surface area contributed by atoms with Crippen LogP contribution in [-0.2, 0) is 12.4 Å². The third-order valence-corrected chi connectivity index (χ3v) is 9.56. The number of benzene rings is 5. The predicted molar refractivity (Wildman–Crippen MR) is 171 cm³/mol. The fourth-order valence-corrected chi connectivity index (χ4v) is 7.22. The summed E-state index contributed by atoms with van der Waals surface area (Å²) in [5.74, 6) is -3.63. The Morgan fingerprint density at radius 1 is 0.400 bits per heavy atom. The van der Waals surface area contributed by atoms with Crippen LogP contribution in [0.2, 0.25) is 0 Å². The van der Waals surface area contributed by atoms with Gasteiger partial charge in [0.1, 0.15) is 11.8 Å². The first-order chi connectivity index (χ1) is 23.9. The number of hydrogen-bond acceptors (Lipinski definition) is 4. The van der Waals surface area contributed by atoms with Crippen molar-refractivity contribution < 1.29 is 26.3 Å². The van der Waals surface area contributed by atoms with Crippen LogP contribution in [0.25, 0.3) is 44.5 Å². The fourth-order valence-electron chi connectivity index (χ4n) is 7.22. The zero-order chi connectivity index (χ0) is 35.5. The molecule has 2 aliphatic rings. The second-order valence-corrected chi connectivity index (χ2v) is 12.2. The van der Waals surface area contributed by atoms with Crippen molar-refractivity contribution in [3.63, 3.8) is 0 Å². The van der Waals surface area contributed by atoms with E-state index in [4.69, 9.17) is 0 Å². The first kappa shape index (κ1) is 32.2. The van der Waals surface area contributed by atoms with Gasteiger partial charge in [-0.25, -0.2) is 0 Å². The van der Waals surface area contributed by atoms with Crippen LogP contribution in [0.3, 0.4) is 0 Å². The summed E-state index contributed by atoms with van der Waals surface area (Å²) >= 11 is 0. The van der Waals surface area contributed by atoms with Crippen molar-refractivity contribution in [2.24, 2.45) is 11.8 Å². The van der Waals surface area contributed by atoms with Crippen molar-refractivity contribution in [1.29, 1.82) is 21.0 Å². The van der Waals surface area contributed by atoms with Gasteiger partial charge in [-0.15, -0.1) is 0 Å². The van der Waals surface area contributed by atoms with Gasteiger partial charge in [0.15, 0.2) is 0 Å². The molecule has 0 spiro atoms. The summed E-state index contributed by atoms with van der Waals surface area (Å²) in [4.78, 5) is 0. The molecule has 0 bridgehead atoms. The molecule has 10 heteroatoms. The Hall–Kier alpha value is -6.36. The topological polar surface area (TPSA) is 95.2 Å². The first-order valence-electron chi connectivity index (χ1n) is 15.3. The van der Waals surface area contributed by atoms with Gasteiger partial charge < -0.3 is 0 Å². The summed E-state index contributed by atoms with van der Waals surface area (Å²) in [6, 6.07) is 32.2. The Balaban J connectivity index is 1.37. The van der Waals surface area contributed by atoms with E-state index in [1.807, 2.05) is 12.1 Å². The number of hydrogen-bond donors (Lipinski definition) is 0. The fraction of sp³-hybridized carbons (Fsp3) is 0.150. The average molecular weight is 671 g/mol. The number of rotatable bonds is 4. The van der Waals surface area contributed by atoms with Crippen LogP contribution in [0.4, 0.5) is 26.3 Å². The lowest BCUT2D eigenvalue weighted by Gasteiger charge is -2.17. The van der Waals surface area contributed by atoms with E-state index in [0.29, 0.717) is 66.8 Å². The van der Waals surface area contributed by atoms with E-state index >= 15 is 0 Å². The van der Waals surface area contributed by atoms with Gasteiger partial charge in [0.2, 0.25) is 0 Å². The molecule has 0 aromatic heterocycles. The van der Waals surface area contributed by atoms with Crippen LogP contribution in [0.1, 0.15) is 45.2 Å². The molecule has 0 N–H and O–H groups in total. The first-order valence-corrected chi connectivity index (χ1v) is 15.3. The highest BCUT2D eigenvalue weighted by molar-refractivity contribution is 5.90. The molecular weight excluding hydrogens is 650 g/mol. The molecule has 50 heavy (non-hydrogen) atoms. The molecule has 5 aromatic carbocycles.